The summed E-state index contributed by atoms with van der Waals surface area (Å²) in [6, 6.07) is 11.3. The molecular weight excluding hydrogens is 450 g/mol. The first-order chi connectivity index (χ1) is 16.4. The fourth-order valence-electron chi connectivity index (χ4n) is 5.31. The van der Waals surface area contributed by atoms with E-state index in [1.165, 1.54) is 17.1 Å². The number of aromatic nitrogens is 3. The van der Waals surface area contributed by atoms with Gasteiger partial charge in [0.1, 0.15) is 5.82 Å². The molecule has 1 N–H and O–H groups in total. The van der Waals surface area contributed by atoms with E-state index < -0.39 is 10.0 Å². The van der Waals surface area contributed by atoms with Crippen LogP contribution >= 0.6 is 0 Å². The number of nitrogens with one attached hydrogen (secondary N) is 1. The SMILES string of the molecule is Cc1nc2cc(S(=O)(=O)N3CCC(C(=O)NCc4ccccn4)CC3)ccc2n1C1CCCC1. The number of aryl methyl sites for hydroxylation is 1. The Labute approximate surface area is 200 Å². The van der Waals surface area contributed by atoms with Crippen molar-refractivity contribution in [1.29, 1.82) is 0 Å². The number of nitrogens with zero attached hydrogens (tertiary/aromatic N) is 4. The molecule has 0 unspecified atom stereocenters. The Balaban J connectivity index is 1.25. The van der Waals surface area contributed by atoms with E-state index in [4.69, 9.17) is 0 Å². The number of piperidine rings is 1. The van der Waals surface area contributed by atoms with Crippen LogP contribution in [-0.2, 0) is 21.4 Å². The standard InChI is InChI=1S/C25H31N5O3S/c1-18-28-23-16-22(9-10-24(23)30(18)21-7-2-3-8-21)34(32,33)29-14-11-19(12-15-29)25(31)27-17-20-6-4-5-13-26-20/h4-6,9-10,13,16,19,21H,2-3,7-8,11-12,14-15,17H2,1H3,(H,27,31). The van der Waals surface area contributed by atoms with E-state index in [2.05, 4.69) is 19.9 Å². The fraction of sp³-hybridized carbons (Fsp3) is 0.480. The normalized spacial score (nSPS) is 18.5. The Kier molecular flexibility index (Phi) is 6.40. The first-order valence-corrected chi connectivity index (χ1v) is 13.5. The zero-order valence-corrected chi connectivity index (χ0v) is 20.3. The number of pyridine rings is 1. The maximum absolute atomic E-state index is 13.3. The molecule has 1 saturated heterocycles. The first-order valence-electron chi connectivity index (χ1n) is 12.1. The van der Waals surface area contributed by atoms with Gasteiger partial charge >= 0.3 is 0 Å². The highest BCUT2D eigenvalue weighted by Gasteiger charge is 2.32. The number of hydrogen-bond donors (Lipinski definition) is 1. The van der Waals surface area contributed by atoms with Gasteiger partial charge in [0.25, 0.3) is 0 Å². The second-order valence-corrected chi connectivity index (χ2v) is 11.3. The lowest BCUT2D eigenvalue weighted by Gasteiger charge is -2.30. The summed E-state index contributed by atoms with van der Waals surface area (Å²) in [5.74, 6) is 0.702. The number of sulfonamides is 1. The lowest BCUT2D eigenvalue weighted by Crippen LogP contribution is -2.42. The molecule has 1 saturated carbocycles. The van der Waals surface area contributed by atoms with Crippen LogP contribution in [-0.4, -0.2) is 46.3 Å². The largest absolute Gasteiger partial charge is 0.350 e. The lowest BCUT2D eigenvalue weighted by atomic mass is 9.97. The van der Waals surface area contributed by atoms with E-state index in [1.54, 1.807) is 18.3 Å². The van der Waals surface area contributed by atoms with Gasteiger partial charge in [0.05, 0.1) is 28.2 Å². The van der Waals surface area contributed by atoms with Gasteiger partial charge in [-0.25, -0.2) is 13.4 Å². The van der Waals surface area contributed by atoms with Gasteiger partial charge in [-0.05, 0) is 62.9 Å². The Hall–Kier alpha value is -2.78. The molecule has 2 aliphatic rings. The molecule has 1 aliphatic carbocycles. The summed E-state index contributed by atoms with van der Waals surface area (Å²) in [4.78, 5) is 21.7. The maximum Gasteiger partial charge on any atom is 0.243 e. The van der Waals surface area contributed by atoms with Crippen molar-refractivity contribution in [2.45, 2.75) is 62.9 Å². The average Bonchev–Trinajstić information content (AvgIpc) is 3.49. The number of carbonyl (C=O) groups is 1. The summed E-state index contributed by atoms with van der Waals surface area (Å²) < 4.78 is 30.5. The van der Waals surface area contributed by atoms with Crippen LogP contribution in [0.5, 0.6) is 0 Å². The molecule has 34 heavy (non-hydrogen) atoms. The van der Waals surface area contributed by atoms with Crippen LogP contribution in [0.3, 0.4) is 0 Å². The van der Waals surface area contributed by atoms with Crippen LogP contribution in [0.25, 0.3) is 11.0 Å². The van der Waals surface area contributed by atoms with Crippen molar-refractivity contribution in [3.05, 3.63) is 54.1 Å². The molecule has 9 heteroatoms. The second kappa shape index (κ2) is 9.46. The van der Waals surface area contributed by atoms with Gasteiger partial charge in [-0.3, -0.25) is 9.78 Å². The molecule has 180 valence electrons. The minimum Gasteiger partial charge on any atom is -0.350 e. The van der Waals surface area contributed by atoms with E-state index in [0.717, 1.165) is 35.4 Å². The predicted molar refractivity (Wildman–Crippen MR) is 130 cm³/mol. The molecule has 8 nitrogen and oxygen atoms in total. The molecule has 2 fully saturated rings. The highest BCUT2D eigenvalue weighted by atomic mass is 32.2. The Bertz CT molecular complexity index is 1270. The molecule has 3 aromatic rings. The summed E-state index contributed by atoms with van der Waals surface area (Å²) in [5, 5.41) is 2.92. The molecular formula is C25H31N5O3S. The second-order valence-electron chi connectivity index (χ2n) is 9.34. The molecule has 0 atom stereocenters. The molecule has 2 aromatic heterocycles. The minimum absolute atomic E-state index is 0.0444. The summed E-state index contributed by atoms with van der Waals surface area (Å²) in [6.07, 6.45) is 7.47. The van der Waals surface area contributed by atoms with Crippen LogP contribution in [0.15, 0.2) is 47.5 Å². The molecule has 1 amide bonds. The van der Waals surface area contributed by atoms with Gasteiger partial charge in [-0.2, -0.15) is 4.31 Å². The molecule has 1 aliphatic heterocycles. The third kappa shape index (κ3) is 4.46. The van der Waals surface area contributed by atoms with Crippen LogP contribution in [0.1, 0.15) is 56.1 Å². The van der Waals surface area contributed by atoms with Gasteiger partial charge in [-0.15, -0.1) is 0 Å². The van der Waals surface area contributed by atoms with Crippen LogP contribution in [0.2, 0.25) is 0 Å². The molecule has 0 bridgehead atoms. The van der Waals surface area contributed by atoms with E-state index in [9.17, 15) is 13.2 Å². The number of carbonyl (C=O) groups excluding carboxylic acids is 1. The first kappa shape index (κ1) is 23.0. The zero-order chi connectivity index (χ0) is 23.7. The van der Waals surface area contributed by atoms with Gasteiger partial charge < -0.3 is 9.88 Å². The number of hydrogen-bond acceptors (Lipinski definition) is 5. The smallest absolute Gasteiger partial charge is 0.243 e. The van der Waals surface area contributed by atoms with Crippen LogP contribution in [0.4, 0.5) is 0 Å². The van der Waals surface area contributed by atoms with Gasteiger partial charge in [0, 0.05) is 31.2 Å². The van der Waals surface area contributed by atoms with E-state index >= 15 is 0 Å². The van der Waals surface area contributed by atoms with Crippen molar-refractivity contribution in [3.8, 4) is 0 Å². The summed E-state index contributed by atoms with van der Waals surface area (Å²) >= 11 is 0. The Morgan fingerprint density at radius 2 is 1.85 bits per heavy atom. The van der Waals surface area contributed by atoms with Crippen molar-refractivity contribution >= 4 is 27.0 Å². The molecule has 0 spiro atoms. The highest BCUT2D eigenvalue weighted by Crippen LogP contribution is 2.34. The van der Waals surface area contributed by atoms with Gasteiger partial charge in [0.2, 0.25) is 15.9 Å². The van der Waals surface area contributed by atoms with Crippen LogP contribution in [0, 0.1) is 12.8 Å². The Morgan fingerprint density at radius 3 is 2.56 bits per heavy atom. The molecule has 5 rings (SSSR count). The quantitative estimate of drug-likeness (QED) is 0.581. The van der Waals surface area contributed by atoms with Crippen molar-refractivity contribution in [3.63, 3.8) is 0 Å². The third-order valence-electron chi connectivity index (χ3n) is 7.16. The number of rotatable bonds is 6. The van der Waals surface area contributed by atoms with Gasteiger partial charge in [-0.1, -0.05) is 18.9 Å². The number of amides is 1. The number of imidazole rings is 1. The summed E-state index contributed by atoms with van der Waals surface area (Å²) in [7, 11) is -3.64. The molecule has 0 radical (unpaired) electrons. The summed E-state index contributed by atoms with van der Waals surface area (Å²) in [5.41, 5.74) is 2.54. The number of benzene rings is 1. The van der Waals surface area contributed by atoms with Crippen molar-refractivity contribution in [1.82, 2.24) is 24.2 Å². The average molecular weight is 482 g/mol. The van der Waals surface area contributed by atoms with Crippen molar-refractivity contribution in [2.24, 2.45) is 5.92 Å². The Morgan fingerprint density at radius 1 is 1.09 bits per heavy atom. The molecule has 1 aromatic carbocycles. The maximum atomic E-state index is 13.3. The van der Waals surface area contributed by atoms with Crippen LogP contribution < -0.4 is 5.32 Å². The molecule has 3 heterocycles. The lowest BCUT2D eigenvalue weighted by molar-refractivity contribution is -0.126. The van der Waals surface area contributed by atoms with E-state index in [1.807, 2.05) is 31.2 Å². The minimum atomic E-state index is -3.64. The van der Waals surface area contributed by atoms with E-state index in [0.29, 0.717) is 38.5 Å². The monoisotopic (exact) mass is 481 g/mol. The number of fused-ring (bicyclic) bond motifs is 1. The highest BCUT2D eigenvalue weighted by molar-refractivity contribution is 7.89. The third-order valence-corrected chi connectivity index (χ3v) is 9.05. The van der Waals surface area contributed by atoms with Gasteiger partial charge in [0.15, 0.2) is 0 Å². The fourth-order valence-corrected chi connectivity index (χ4v) is 6.81. The predicted octanol–water partition coefficient (Wildman–Crippen LogP) is 3.57. The summed E-state index contributed by atoms with van der Waals surface area (Å²) in [6.45, 7) is 3.04. The van der Waals surface area contributed by atoms with Crippen molar-refractivity contribution in [2.75, 3.05) is 13.1 Å². The van der Waals surface area contributed by atoms with Crippen molar-refractivity contribution < 1.29 is 13.2 Å². The van der Waals surface area contributed by atoms with E-state index in [-0.39, 0.29) is 16.7 Å². The topological polar surface area (TPSA) is 97.2 Å². The zero-order valence-electron chi connectivity index (χ0n) is 19.5.